The second kappa shape index (κ2) is 4.15. The third-order valence-electron chi connectivity index (χ3n) is 3.15. The van der Waals surface area contributed by atoms with Gasteiger partial charge in [-0.05, 0) is 31.2 Å². The number of aliphatic hydroxyl groups excluding tert-OH is 1. The van der Waals surface area contributed by atoms with Gasteiger partial charge in [0.15, 0.2) is 5.78 Å². The lowest BCUT2D eigenvalue weighted by Gasteiger charge is -2.25. The summed E-state index contributed by atoms with van der Waals surface area (Å²) in [5.41, 5.74) is 1.93. The number of Topliss-reactive ketones (excluding diaryl/α,β-unsaturated/α-hetero) is 1. The van der Waals surface area contributed by atoms with Crippen LogP contribution in [0.1, 0.15) is 48.0 Å². The third-order valence-corrected chi connectivity index (χ3v) is 3.15. The fourth-order valence-electron chi connectivity index (χ4n) is 1.90. The minimum absolute atomic E-state index is 0.199. The standard InChI is InChI=1S/C13H16O2/c1-9(14)13(15)12-7-5-11(6-8-12)10-3-2-4-10/h5-10,14H,2-4H2,1H3. The predicted octanol–water partition coefficient (Wildman–Crippen LogP) is 2.52. The first-order valence-corrected chi connectivity index (χ1v) is 5.50. The van der Waals surface area contributed by atoms with Gasteiger partial charge in [-0.3, -0.25) is 4.79 Å². The molecule has 1 aliphatic rings. The molecule has 1 aliphatic carbocycles. The van der Waals surface area contributed by atoms with Crippen LogP contribution in [0.3, 0.4) is 0 Å². The van der Waals surface area contributed by atoms with E-state index in [1.807, 2.05) is 24.3 Å². The van der Waals surface area contributed by atoms with Crippen molar-refractivity contribution in [2.24, 2.45) is 0 Å². The number of hydrogen-bond donors (Lipinski definition) is 1. The van der Waals surface area contributed by atoms with Crippen LogP contribution in [-0.4, -0.2) is 17.0 Å². The number of carbonyl (C=O) groups excluding carboxylic acids is 1. The molecule has 0 radical (unpaired) electrons. The van der Waals surface area contributed by atoms with E-state index < -0.39 is 6.10 Å². The van der Waals surface area contributed by atoms with Gasteiger partial charge in [-0.2, -0.15) is 0 Å². The Bertz CT molecular complexity index is 347. The minimum Gasteiger partial charge on any atom is -0.385 e. The van der Waals surface area contributed by atoms with Gasteiger partial charge in [0.25, 0.3) is 0 Å². The average molecular weight is 204 g/mol. The lowest BCUT2D eigenvalue weighted by Crippen LogP contribution is -2.16. The summed E-state index contributed by atoms with van der Waals surface area (Å²) in [4.78, 5) is 11.5. The van der Waals surface area contributed by atoms with E-state index in [9.17, 15) is 4.79 Å². The van der Waals surface area contributed by atoms with E-state index in [1.54, 1.807) is 0 Å². The zero-order valence-corrected chi connectivity index (χ0v) is 8.94. The molecule has 80 valence electrons. The number of carbonyl (C=O) groups is 1. The highest BCUT2D eigenvalue weighted by molar-refractivity contribution is 5.99. The van der Waals surface area contributed by atoms with Gasteiger partial charge in [0.2, 0.25) is 0 Å². The monoisotopic (exact) mass is 204 g/mol. The molecule has 1 aromatic rings. The Hall–Kier alpha value is -1.15. The second-order valence-electron chi connectivity index (χ2n) is 4.29. The highest BCUT2D eigenvalue weighted by atomic mass is 16.3. The van der Waals surface area contributed by atoms with E-state index in [0.717, 1.165) is 0 Å². The molecule has 1 N–H and O–H groups in total. The maximum Gasteiger partial charge on any atom is 0.190 e. The summed E-state index contributed by atoms with van der Waals surface area (Å²) in [6.45, 7) is 1.50. The van der Waals surface area contributed by atoms with E-state index >= 15 is 0 Å². The van der Waals surface area contributed by atoms with Crippen LogP contribution in [-0.2, 0) is 0 Å². The van der Waals surface area contributed by atoms with Crippen LogP contribution in [0.5, 0.6) is 0 Å². The van der Waals surface area contributed by atoms with Crippen LogP contribution in [0.15, 0.2) is 24.3 Å². The van der Waals surface area contributed by atoms with E-state index in [0.29, 0.717) is 11.5 Å². The van der Waals surface area contributed by atoms with Crippen molar-refractivity contribution in [2.75, 3.05) is 0 Å². The summed E-state index contributed by atoms with van der Waals surface area (Å²) < 4.78 is 0. The van der Waals surface area contributed by atoms with Crippen LogP contribution >= 0.6 is 0 Å². The van der Waals surface area contributed by atoms with Gasteiger partial charge in [-0.15, -0.1) is 0 Å². The molecule has 1 atom stereocenters. The Balaban J connectivity index is 2.12. The average Bonchev–Trinajstić information content (AvgIpc) is 2.15. The topological polar surface area (TPSA) is 37.3 Å². The Morgan fingerprint density at radius 2 is 1.93 bits per heavy atom. The van der Waals surface area contributed by atoms with Gasteiger partial charge in [0, 0.05) is 5.56 Å². The molecule has 1 unspecified atom stereocenters. The molecule has 2 heteroatoms. The van der Waals surface area contributed by atoms with Crippen LogP contribution in [0.25, 0.3) is 0 Å². The fourth-order valence-corrected chi connectivity index (χ4v) is 1.90. The molecule has 0 aliphatic heterocycles. The Morgan fingerprint density at radius 1 is 1.33 bits per heavy atom. The Morgan fingerprint density at radius 3 is 2.33 bits per heavy atom. The summed E-state index contributed by atoms with van der Waals surface area (Å²) in [5.74, 6) is 0.496. The lowest BCUT2D eigenvalue weighted by molar-refractivity contribution is 0.0779. The number of aliphatic hydroxyl groups is 1. The lowest BCUT2D eigenvalue weighted by atomic mass is 9.80. The van der Waals surface area contributed by atoms with Crippen molar-refractivity contribution >= 4 is 5.78 Å². The number of rotatable bonds is 3. The van der Waals surface area contributed by atoms with Crippen molar-refractivity contribution in [3.05, 3.63) is 35.4 Å². The summed E-state index contributed by atoms with van der Waals surface area (Å²) in [5, 5.41) is 9.16. The SMILES string of the molecule is CC(O)C(=O)c1ccc(C2CCC2)cc1. The highest BCUT2D eigenvalue weighted by Gasteiger charge is 2.19. The van der Waals surface area contributed by atoms with Gasteiger partial charge in [-0.25, -0.2) is 0 Å². The normalized spacial score (nSPS) is 18.3. The van der Waals surface area contributed by atoms with E-state index in [-0.39, 0.29) is 5.78 Å². The molecule has 0 aromatic heterocycles. The Labute approximate surface area is 89.9 Å². The van der Waals surface area contributed by atoms with E-state index in [4.69, 9.17) is 5.11 Å². The number of ketones is 1. The first-order chi connectivity index (χ1) is 7.18. The smallest absolute Gasteiger partial charge is 0.190 e. The first kappa shape index (κ1) is 10.4. The molecule has 15 heavy (non-hydrogen) atoms. The quantitative estimate of drug-likeness (QED) is 0.768. The maximum atomic E-state index is 11.5. The summed E-state index contributed by atoms with van der Waals surface area (Å²) in [6, 6.07) is 7.67. The van der Waals surface area contributed by atoms with Crippen molar-refractivity contribution < 1.29 is 9.90 Å². The van der Waals surface area contributed by atoms with Crippen molar-refractivity contribution in [1.82, 2.24) is 0 Å². The van der Waals surface area contributed by atoms with Crippen molar-refractivity contribution in [2.45, 2.75) is 38.2 Å². The minimum atomic E-state index is -0.903. The van der Waals surface area contributed by atoms with Gasteiger partial charge >= 0.3 is 0 Å². The van der Waals surface area contributed by atoms with Crippen molar-refractivity contribution in [3.8, 4) is 0 Å². The van der Waals surface area contributed by atoms with Crippen LogP contribution in [0, 0.1) is 0 Å². The van der Waals surface area contributed by atoms with Crippen LogP contribution in [0.4, 0.5) is 0 Å². The largest absolute Gasteiger partial charge is 0.385 e. The first-order valence-electron chi connectivity index (χ1n) is 5.50. The fraction of sp³-hybridized carbons (Fsp3) is 0.462. The highest BCUT2D eigenvalue weighted by Crippen LogP contribution is 2.36. The molecule has 0 spiro atoms. The van der Waals surface area contributed by atoms with Crippen molar-refractivity contribution in [3.63, 3.8) is 0 Å². The summed E-state index contributed by atoms with van der Waals surface area (Å²) >= 11 is 0. The molecule has 2 rings (SSSR count). The Kier molecular flexibility index (Phi) is 2.87. The third kappa shape index (κ3) is 2.10. The van der Waals surface area contributed by atoms with Gasteiger partial charge in [-0.1, -0.05) is 30.7 Å². The molecule has 1 fully saturated rings. The molecule has 0 saturated heterocycles. The van der Waals surface area contributed by atoms with Crippen LogP contribution < -0.4 is 0 Å². The summed E-state index contributed by atoms with van der Waals surface area (Å²) in [7, 11) is 0. The second-order valence-corrected chi connectivity index (χ2v) is 4.29. The maximum absolute atomic E-state index is 11.5. The number of hydrogen-bond acceptors (Lipinski definition) is 2. The van der Waals surface area contributed by atoms with E-state index in [1.165, 1.54) is 31.7 Å². The van der Waals surface area contributed by atoms with E-state index in [2.05, 4.69) is 0 Å². The molecule has 2 nitrogen and oxygen atoms in total. The predicted molar refractivity (Wildman–Crippen MR) is 59.0 cm³/mol. The van der Waals surface area contributed by atoms with Gasteiger partial charge in [0.05, 0.1) is 0 Å². The zero-order chi connectivity index (χ0) is 10.8. The zero-order valence-electron chi connectivity index (χ0n) is 8.94. The molecule has 0 bridgehead atoms. The van der Waals surface area contributed by atoms with Crippen molar-refractivity contribution in [1.29, 1.82) is 0 Å². The van der Waals surface area contributed by atoms with Gasteiger partial charge < -0.3 is 5.11 Å². The molecule has 0 heterocycles. The molecule has 1 aromatic carbocycles. The molecular formula is C13H16O2. The molecule has 0 amide bonds. The van der Waals surface area contributed by atoms with Gasteiger partial charge in [0.1, 0.15) is 6.10 Å². The number of benzene rings is 1. The molecule has 1 saturated carbocycles. The van der Waals surface area contributed by atoms with Crippen LogP contribution in [0.2, 0.25) is 0 Å². The molecular weight excluding hydrogens is 188 g/mol. The summed E-state index contributed by atoms with van der Waals surface area (Å²) in [6.07, 6.45) is 2.95.